The maximum atomic E-state index is 12.0. The Hall–Kier alpha value is -2.56. The van der Waals surface area contributed by atoms with E-state index in [0.29, 0.717) is 28.0 Å². The van der Waals surface area contributed by atoms with Crippen molar-refractivity contribution in [3.05, 3.63) is 67.2 Å². The Morgan fingerprint density at radius 1 is 1.25 bits per heavy atom. The molecule has 0 saturated heterocycles. The van der Waals surface area contributed by atoms with E-state index in [1.807, 2.05) is 0 Å². The van der Waals surface area contributed by atoms with Crippen LogP contribution >= 0.6 is 35.0 Å². The van der Waals surface area contributed by atoms with Crippen molar-refractivity contribution < 1.29 is 9.21 Å². The molecule has 0 spiro atoms. The van der Waals surface area contributed by atoms with Gasteiger partial charge in [-0.2, -0.15) is 0 Å². The predicted octanol–water partition coefficient (Wildman–Crippen LogP) is 2.20. The Morgan fingerprint density at radius 3 is 2.86 bits per heavy atom. The molecular formula is C16H13Cl2N5O4S. The molecule has 0 unspecified atom stereocenters. The number of nitrogens with one attached hydrogen (secondary N) is 2. The minimum Gasteiger partial charge on any atom is -0.416 e. The van der Waals surface area contributed by atoms with Crippen molar-refractivity contribution in [3.8, 4) is 0 Å². The van der Waals surface area contributed by atoms with Crippen LogP contribution in [-0.2, 0) is 17.8 Å². The molecule has 1 amide bonds. The Kier molecular flexibility index (Phi) is 6.55. The molecule has 0 aliphatic carbocycles. The minimum atomic E-state index is -0.516. The number of aryl methyl sites for hydroxylation is 2. The van der Waals surface area contributed by atoms with Crippen molar-refractivity contribution in [1.29, 1.82) is 0 Å². The number of thioether (sulfide) groups is 1. The fraction of sp³-hybridized carbons (Fsp3) is 0.188. The Morgan fingerprint density at radius 2 is 2.07 bits per heavy atom. The highest BCUT2D eigenvalue weighted by Crippen LogP contribution is 2.26. The molecule has 28 heavy (non-hydrogen) atoms. The normalized spacial score (nSPS) is 10.8. The van der Waals surface area contributed by atoms with Crippen LogP contribution in [0.2, 0.25) is 10.0 Å². The lowest BCUT2D eigenvalue weighted by atomic mass is 10.3. The highest BCUT2D eigenvalue weighted by Gasteiger charge is 2.12. The first-order valence-electron chi connectivity index (χ1n) is 7.90. The van der Waals surface area contributed by atoms with Gasteiger partial charge >= 0.3 is 5.69 Å². The van der Waals surface area contributed by atoms with Crippen molar-refractivity contribution in [1.82, 2.24) is 19.7 Å². The first-order chi connectivity index (χ1) is 13.4. The van der Waals surface area contributed by atoms with Crippen molar-refractivity contribution in [3.63, 3.8) is 0 Å². The fourth-order valence-corrected chi connectivity index (χ4v) is 3.06. The number of aromatic amines is 1. The number of aromatic nitrogens is 4. The summed E-state index contributed by atoms with van der Waals surface area (Å²) in [6.07, 6.45) is 1.68. The van der Waals surface area contributed by atoms with E-state index in [1.54, 1.807) is 18.2 Å². The number of nitrogens with zero attached hydrogens (tertiary/aromatic N) is 3. The number of hydrogen-bond donors (Lipinski definition) is 2. The van der Waals surface area contributed by atoms with Gasteiger partial charge in [0.25, 0.3) is 10.8 Å². The van der Waals surface area contributed by atoms with Gasteiger partial charge in [0.1, 0.15) is 0 Å². The largest absolute Gasteiger partial charge is 0.416 e. The highest BCUT2D eigenvalue weighted by molar-refractivity contribution is 7.99. The summed E-state index contributed by atoms with van der Waals surface area (Å²) >= 11 is 12.9. The van der Waals surface area contributed by atoms with Crippen LogP contribution in [0.1, 0.15) is 5.89 Å². The highest BCUT2D eigenvalue weighted by atomic mass is 35.5. The zero-order chi connectivity index (χ0) is 20.1. The molecule has 0 atom stereocenters. The Labute approximate surface area is 172 Å². The molecule has 2 N–H and O–H groups in total. The average molecular weight is 442 g/mol. The number of benzene rings is 1. The van der Waals surface area contributed by atoms with E-state index in [9.17, 15) is 14.4 Å². The number of hydrogen-bond acceptors (Lipinski definition) is 7. The van der Waals surface area contributed by atoms with Gasteiger partial charge in [0, 0.05) is 30.3 Å². The van der Waals surface area contributed by atoms with Gasteiger partial charge < -0.3 is 14.3 Å². The second-order valence-corrected chi connectivity index (χ2v) is 7.25. The van der Waals surface area contributed by atoms with Gasteiger partial charge in [0.05, 0.1) is 16.5 Å². The van der Waals surface area contributed by atoms with E-state index in [1.165, 1.54) is 16.8 Å². The Balaban J connectivity index is 1.51. The standard InChI is InChI=1S/C16H13Cl2N5O4S/c17-9-1-2-10(18)11(7-9)19-13(25)8-28-16-22-21-14(27-16)4-6-23-5-3-12(24)20-15(23)26/h1-3,5,7H,4,6,8H2,(H,19,25)(H,20,24,26). The number of carbonyl (C=O) groups excluding carboxylic acids is 1. The quantitative estimate of drug-likeness (QED) is 0.538. The SMILES string of the molecule is O=C(CSc1nnc(CCn2ccc(=O)[nH]c2=O)o1)Nc1cc(Cl)ccc1Cl. The molecule has 146 valence electrons. The molecule has 9 nitrogen and oxygen atoms in total. The van der Waals surface area contributed by atoms with Crippen LogP contribution in [0.15, 0.2) is 49.7 Å². The van der Waals surface area contributed by atoms with Gasteiger partial charge in [-0.05, 0) is 18.2 Å². The third-order valence-corrected chi connectivity index (χ3v) is 4.82. The first-order valence-corrected chi connectivity index (χ1v) is 9.65. The van der Waals surface area contributed by atoms with Gasteiger partial charge in [0.15, 0.2) is 0 Å². The molecule has 0 aliphatic heterocycles. The predicted molar refractivity (Wildman–Crippen MR) is 105 cm³/mol. The summed E-state index contributed by atoms with van der Waals surface area (Å²) < 4.78 is 6.76. The maximum absolute atomic E-state index is 12.0. The van der Waals surface area contributed by atoms with E-state index >= 15 is 0 Å². The van der Waals surface area contributed by atoms with Gasteiger partial charge in [-0.25, -0.2) is 4.79 Å². The summed E-state index contributed by atoms with van der Waals surface area (Å²) in [5.41, 5.74) is -0.564. The Bertz CT molecular complexity index is 1110. The minimum absolute atomic E-state index is 0.0316. The number of halogens is 2. The lowest BCUT2D eigenvalue weighted by Gasteiger charge is -2.06. The summed E-state index contributed by atoms with van der Waals surface area (Å²) in [6, 6.07) is 6.01. The van der Waals surface area contributed by atoms with Gasteiger partial charge in [-0.15, -0.1) is 10.2 Å². The van der Waals surface area contributed by atoms with E-state index in [2.05, 4.69) is 20.5 Å². The van der Waals surface area contributed by atoms with Crippen LogP contribution in [0.5, 0.6) is 0 Å². The molecule has 0 saturated carbocycles. The number of rotatable bonds is 7. The molecule has 0 aliphatic rings. The second-order valence-electron chi connectivity index (χ2n) is 5.48. The van der Waals surface area contributed by atoms with E-state index in [-0.39, 0.29) is 23.4 Å². The van der Waals surface area contributed by atoms with Crippen LogP contribution < -0.4 is 16.6 Å². The third-order valence-electron chi connectivity index (χ3n) is 3.44. The molecule has 3 rings (SSSR count). The molecule has 12 heteroatoms. The van der Waals surface area contributed by atoms with E-state index in [4.69, 9.17) is 27.6 Å². The topological polar surface area (TPSA) is 123 Å². The zero-order valence-corrected chi connectivity index (χ0v) is 16.5. The van der Waals surface area contributed by atoms with Crippen LogP contribution in [0.4, 0.5) is 5.69 Å². The summed E-state index contributed by atoms with van der Waals surface area (Å²) in [5.74, 6) is 0.0248. The molecule has 2 heterocycles. The summed E-state index contributed by atoms with van der Waals surface area (Å²) in [7, 11) is 0. The molecule has 2 aromatic heterocycles. The number of H-pyrrole nitrogens is 1. The van der Waals surface area contributed by atoms with Crippen molar-refractivity contribution in [2.24, 2.45) is 0 Å². The van der Waals surface area contributed by atoms with Crippen molar-refractivity contribution >= 4 is 46.6 Å². The lowest BCUT2D eigenvalue weighted by molar-refractivity contribution is -0.113. The van der Waals surface area contributed by atoms with Crippen LogP contribution in [0.3, 0.4) is 0 Å². The van der Waals surface area contributed by atoms with E-state index < -0.39 is 11.2 Å². The van der Waals surface area contributed by atoms with Gasteiger partial charge in [0.2, 0.25) is 11.8 Å². The number of anilines is 1. The van der Waals surface area contributed by atoms with Crippen molar-refractivity contribution in [2.45, 2.75) is 18.2 Å². The zero-order valence-electron chi connectivity index (χ0n) is 14.1. The second kappa shape index (κ2) is 9.09. The van der Waals surface area contributed by atoms with Crippen LogP contribution in [0.25, 0.3) is 0 Å². The number of amides is 1. The van der Waals surface area contributed by atoms with Gasteiger partial charge in [-0.3, -0.25) is 14.6 Å². The molecule has 1 aromatic carbocycles. The third kappa shape index (κ3) is 5.47. The molecule has 0 bridgehead atoms. The maximum Gasteiger partial charge on any atom is 0.328 e. The first kappa shape index (κ1) is 20.2. The van der Waals surface area contributed by atoms with Gasteiger partial charge in [-0.1, -0.05) is 35.0 Å². The van der Waals surface area contributed by atoms with Crippen LogP contribution in [-0.4, -0.2) is 31.4 Å². The monoisotopic (exact) mass is 441 g/mol. The average Bonchev–Trinajstić information content (AvgIpc) is 3.10. The fourth-order valence-electron chi connectivity index (χ4n) is 2.14. The van der Waals surface area contributed by atoms with E-state index in [0.717, 1.165) is 11.8 Å². The summed E-state index contributed by atoms with van der Waals surface area (Å²) in [4.78, 5) is 36.9. The smallest absolute Gasteiger partial charge is 0.328 e. The molecule has 0 radical (unpaired) electrons. The molecule has 3 aromatic rings. The lowest BCUT2D eigenvalue weighted by Crippen LogP contribution is -2.29. The molecule has 0 fully saturated rings. The number of carbonyl (C=O) groups is 1. The molecular weight excluding hydrogens is 429 g/mol. The summed E-state index contributed by atoms with van der Waals surface area (Å²) in [6.45, 7) is 0.260. The summed E-state index contributed by atoms with van der Waals surface area (Å²) in [5, 5.41) is 11.4. The van der Waals surface area contributed by atoms with Crippen molar-refractivity contribution in [2.75, 3.05) is 11.1 Å². The van der Waals surface area contributed by atoms with Crippen LogP contribution in [0, 0.1) is 0 Å².